The zero-order valence-corrected chi connectivity index (χ0v) is 26.5. The molecule has 1 aliphatic heterocycles. The summed E-state index contributed by atoms with van der Waals surface area (Å²) in [7, 11) is -3.01. The number of rotatable bonds is 6. The molecule has 6 heteroatoms. The van der Waals surface area contributed by atoms with E-state index in [1.807, 2.05) is 4.90 Å². The van der Waals surface area contributed by atoms with Crippen molar-refractivity contribution in [1.82, 2.24) is 4.90 Å². The summed E-state index contributed by atoms with van der Waals surface area (Å²) in [5.41, 5.74) is 0.764. The first kappa shape index (κ1) is 29.9. The Morgan fingerprint density at radius 1 is 0.974 bits per heavy atom. The van der Waals surface area contributed by atoms with Crippen molar-refractivity contribution in [3.63, 3.8) is 0 Å². The van der Waals surface area contributed by atoms with Crippen molar-refractivity contribution in [1.29, 1.82) is 0 Å². The number of hydrogen-bond acceptors (Lipinski definition) is 4. The van der Waals surface area contributed by atoms with E-state index in [1.165, 1.54) is 44.8 Å². The summed E-state index contributed by atoms with van der Waals surface area (Å²) in [4.78, 5) is 15.0. The van der Waals surface area contributed by atoms with Gasteiger partial charge in [-0.1, -0.05) is 41.0 Å². The molecule has 224 valence electrons. The van der Waals surface area contributed by atoms with Gasteiger partial charge < -0.3 is 10.0 Å². The van der Waals surface area contributed by atoms with E-state index in [4.69, 9.17) is 0 Å². The molecule has 1 amide bonds. The van der Waals surface area contributed by atoms with Gasteiger partial charge in [-0.05, 0) is 122 Å². The summed E-state index contributed by atoms with van der Waals surface area (Å²) < 4.78 is 23.8. The number of hydrogen-bond donors (Lipinski definition) is 1. The van der Waals surface area contributed by atoms with Crippen LogP contribution in [0.15, 0.2) is 0 Å². The molecule has 0 bridgehead atoms. The van der Waals surface area contributed by atoms with Gasteiger partial charge in [-0.15, -0.1) is 0 Å². The fourth-order valence-electron chi connectivity index (χ4n) is 11.7. The van der Waals surface area contributed by atoms with Gasteiger partial charge in [0.2, 0.25) is 5.91 Å². The van der Waals surface area contributed by atoms with Gasteiger partial charge in [0.05, 0.1) is 11.4 Å². The number of piperidine rings is 1. The first-order chi connectivity index (χ1) is 18.3. The second-order valence-corrected chi connectivity index (χ2v) is 17.7. The lowest BCUT2D eigenvalue weighted by atomic mass is 9.40. The van der Waals surface area contributed by atoms with Crippen molar-refractivity contribution in [2.45, 2.75) is 123 Å². The Balaban J connectivity index is 1.24. The van der Waals surface area contributed by atoms with E-state index in [1.54, 1.807) is 0 Å². The molecule has 11 atom stereocenters. The van der Waals surface area contributed by atoms with Crippen molar-refractivity contribution in [3.8, 4) is 0 Å². The minimum Gasteiger partial charge on any atom is -0.393 e. The molecule has 1 N–H and O–H groups in total. The Labute approximate surface area is 239 Å². The van der Waals surface area contributed by atoms with Crippen LogP contribution in [0.3, 0.4) is 0 Å². The van der Waals surface area contributed by atoms with Crippen molar-refractivity contribution >= 4 is 15.7 Å². The van der Waals surface area contributed by atoms with Crippen LogP contribution in [0.4, 0.5) is 0 Å². The predicted octanol–water partition coefficient (Wildman–Crippen LogP) is 6.34. The number of likely N-dealkylation sites (tertiary alicyclic amines) is 1. The van der Waals surface area contributed by atoms with Crippen LogP contribution in [0.5, 0.6) is 0 Å². The van der Waals surface area contributed by atoms with E-state index in [0.29, 0.717) is 60.9 Å². The Morgan fingerprint density at radius 2 is 1.62 bits per heavy atom. The molecule has 4 aliphatic carbocycles. The Hall–Kier alpha value is -0.620. The van der Waals surface area contributed by atoms with E-state index in [9.17, 15) is 18.3 Å². The smallest absolute Gasteiger partial charge is 0.222 e. The average molecular weight is 564 g/mol. The molecular weight excluding hydrogens is 506 g/mol. The number of nitrogens with zero attached hydrogens (tertiary/aromatic N) is 1. The number of amides is 1. The molecular formula is C33H57NO4S. The Kier molecular flexibility index (Phi) is 8.34. The standard InChI is InChI=1S/C33H57NO4S/c1-7-25-22(3)31-27-10-9-26(21(2)8-11-30(36)34-18-14-24(15-19-34)39(6,37)38)32(27,4)17-13-28(31)33(5)16-12-23(35)20-29(25)33/h21-29,31,35H,7-20H2,1-6H3. The minimum atomic E-state index is -3.01. The lowest BCUT2D eigenvalue weighted by Gasteiger charge is -2.65. The average Bonchev–Trinajstić information content (AvgIpc) is 3.25. The topological polar surface area (TPSA) is 74.7 Å². The van der Waals surface area contributed by atoms with Gasteiger partial charge in [0.25, 0.3) is 0 Å². The highest BCUT2D eigenvalue weighted by atomic mass is 32.2. The SMILES string of the molecule is CCC1C(C)C2C3CCC(C(C)CCC(=O)N4CCC(S(C)(=O)=O)CC4)C3(C)CCC2C2(C)CCC(O)CC12. The number of carbonyl (C=O) groups is 1. The zero-order chi connectivity index (χ0) is 28.3. The summed E-state index contributed by atoms with van der Waals surface area (Å²) in [5, 5.41) is 10.3. The number of aliphatic hydroxyl groups excluding tert-OH is 1. The molecule has 5 rings (SSSR count). The molecule has 0 aromatic rings. The molecule has 1 saturated heterocycles. The molecule has 5 aliphatic rings. The van der Waals surface area contributed by atoms with Crippen LogP contribution >= 0.6 is 0 Å². The zero-order valence-electron chi connectivity index (χ0n) is 25.7. The lowest BCUT2D eigenvalue weighted by Crippen LogP contribution is -2.59. The van der Waals surface area contributed by atoms with Gasteiger partial charge in [-0.3, -0.25) is 4.79 Å². The van der Waals surface area contributed by atoms with Crippen molar-refractivity contribution in [2.75, 3.05) is 19.3 Å². The van der Waals surface area contributed by atoms with Gasteiger partial charge in [0, 0.05) is 25.8 Å². The van der Waals surface area contributed by atoms with Gasteiger partial charge >= 0.3 is 0 Å². The second-order valence-electron chi connectivity index (χ2n) is 15.4. The number of fused-ring (bicyclic) bond motifs is 5. The van der Waals surface area contributed by atoms with Crippen LogP contribution in [-0.2, 0) is 14.6 Å². The summed E-state index contributed by atoms with van der Waals surface area (Å²) in [5.74, 6) is 6.01. The predicted molar refractivity (Wildman–Crippen MR) is 158 cm³/mol. The summed E-state index contributed by atoms with van der Waals surface area (Å²) in [6.45, 7) is 13.8. The highest BCUT2D eigenvalue weighted by molar-refractivity contribution is 7.91. The minimum absolute atomic E-state index is 0.0970. The monoisotopic (exact) mass is 563 g/mol. The molecule has 5 nitrogen and oxygen atoms in total. The summed E-state index contributed by atoms with van der Waals surface area (Å²) in [6, 6.07) is 0. The number of aliphatic hydroxyl groups is 1. The highest BCUT2D eigenvalue weighted by Crippen LogP contribution is 2.70. The van der Waals surface area contributed by atoms with E-state index >= 15 is 0 Å². The molecule has 0 spiro atoms. The maximum absolute atomic E-state index is 13.1. The molecule has 0 aromatic heterocycles. The van der Waals surface area contributed by atoms with E-state index < -0.39 is 9.84 Å². The van der Waals surface area contributed by atoms with Crippen molar-refractivity contribution in [2.24, 2.45) is 58.2 Å². The quantitative estimate of drug-likeness (QED) is 0.409. The van der Waals surface area contributed by atoms with Gasteiger partial charge in [0.1, 0.15) is 9.84 Å². The van der Waals surface area contributed by atoms with Gasteiger partial charge in [-0.2, -0.15) is 0 Å². The van der Waals surface area contributed by atoms with Crippen LogP contribution < -0.4 is 0 Å². The Bertz CT molecular complexity index is 1010. The van der Waals surface area contributed by atoms with E-state index in [2.05, 4.69) is 34.6 Å². The third-order valence-electron chi connectivity index (χ3n) is 13.8. The molecule has 1 heterocycles. The van der Waals surface area contributed by atoms with E-state index in [-0.39, 0.29) is 17.3 Å². The largest absolute Gasteiger partial charge is 0.393 e. The van der Waals surface area contributed by atoms with Crippen LogP contribution in [-0.4, -0.2) is 55.0 Å². The molecule has 5 fully saturated rings. The van der Waals surface area contributed by atoms with Crippen LogP contribution in [0.2, 0.25) is 0 Å². The normalized spacial score (nSPS) is 45.8. The summed E-state index contributed by atoms with van der Waals surface area (Å²) in [6.07, 6.45) is 13.7. The summed E-state index contributed by atoms with van der Waals surface area (Å²) >= 11 is 0. The number of carbonyl (C=O) groups excluding carboxylic acids is 1. The number of sulfone groups is 1. The van der Waals surface area contributed by atoms with Crippen molar-refractivity contribution < 1.29 is 18.3 Å². The third-order valence-corrected chi connectivity index (χ3v) is 15.5. The second kappa shape index (κ2) is 10.9. The van der Waals surface area contributed by atoms with Gasteiger partial charge in [0.15, 0.2) is 0 Å². The molecule has 4 saturated carbocycles. The first-order valence-corrected chi connectivity index (χ1v) is 18.4. The molecule has 11 unspecified atom stereocenters. The van der Waals surface area contributed by atoms with Gasteiger partial charge in [-0.25, -0.2) is 8.42 Å². The van der Waals surface area contributed by atoms with Crippen molar-refractivity contribution in [3.05, 3.63) is 0 Å². The maximum atomic E-state index is 13.1. The van der Waals surface area contributed by atoms with Crippen LogP contribution in [0.25, 0.3) is 0 Å². The molecule has 0 aromatic carbocycles. The van der Waals surface area contributed by atoms with Crippen LogP contribution in [0, 0.1) is 58.2 Å². The molecule has 39 heavy (non-hydrogen) atoms. The fraction of sp³-hybridized carbons (Fsp3) is 0.970. The van der Waals surface area contributed by atoms with E-state index in [0.717, 1.165) is 48.9 Å². The third kappa shape index (κ3) is 5.14. The maximum Gasteiger partial charge on any atom is 0.222 e. The van der Waals surface area contributed by atoms with Crippen LogP contribution in [0.1, 0.15) is 112 Å². The lowest BCUT2D eigenvalue weighted by molar-refractivity contribution is -0.177. The highest BCUT2D eigenvalue weighted by Gasteiger charge is 2.64. The fourth-order valence-corrected chi connectivity index (χ4v) is 12.8. The molecule has 0 radical (unpaired) electrons. The first-order valence-electron chi connectivity index (χ1n) is 16.5. The Morgan fingerprint density at radius 3 is 2.26 bits per heavy atom.